The van der Waals surface area contributed by atoms with Gasteiger partial charge in [0.25, 0.3) is 0 Å². The molecule has 2 saturated heterocycles. The van der Waals surface area contributed by atoms with Crippen molar-refractivity contribution in [2.75, 3.05) is 0 Å². The van der Waals surface area contributed by atoms with Gasteiger partial charge in [0, 0.05) is 6.04 Å². The van der Waals surface area contributed by atoms with Crippen molar-refractivity contribution in [1.82, 2.24) is 10.6 Å². The molecule has 4 atom stereocenters. The third-order valence-electron chi connectivity index (χ3n) is 5.20. The van der Waals surface area contributed by atoms with E-state index in [1.54, 1.807) is 13.8 Å². The highest BCUT2D eigenvalue weighted by Gasteiger charge is 2.66. The molecular weight excluding hydrogens is 365 g/mol. The van der Waals surface area contributed by atoms with Crippen molar-refractivity contribution in [2.45, 2.75) is 38.0 Å². The number of benzene rings is 1. The Balaban J connectivity index is 2.05. The van der Waals surface area contributed by atoms with Gasteiger partial charge in [0.15, 0.2) is 0 Å². The standard InChI is InChI=1S/C18H19F3N2O4/c1-8(2)7-17(16(26)27)12-11(14(24)22-15(12)25)13(23-17)9-3-5-10(6-4-9)18(19,20)21/h3-6,8,11-13,23H,7H2,1-2H3,(H,26,27)(H,22,24,25). The zero-order valence-corrected chi connectivity index (χ0v) is 14.6. The predicted octanol–water partition coefficient (Wildman–Crippen LogP) is 2.11. The van der Waals surface area contributed by atoms with E-state index >= 15 is 0 Å². The summed E-state index contributed by atoms with van der Waals surface area (Å²) in [6, 6.07) is 3.30. The molecular formula is C18H19F3N2O4. The van der Waals surface area contributed by atoms with Crippen LogP contribution in [0.4, 0.5) is 13.2 Å². The van der Waals surface area contributed by atoms with Crippen molar-refractivity contribution in [3.63, 3.8) is 0 Å². The van der Waals surface area contributed by atoms with Crippen molar-refractivity contribution < 1.29 is 32.7 Å². The van der Waals surface area contributed by atoms with Gasteiger partial charge in [0.2, 0.25) is 11.8 Å². The van der Waals surface area contributed by atoms with E-state index in [1.807, 2.05) is 0 Å². The second kappa shape index (κ2) is 6.33. The molecule has 2 aliphatic rings. The molecule has 0 saturated carbocycles. The Kier molecular flexibility index (Phi) is 4.54. The molecule has 2 amide bonds. The number of nitrogens with one attached hydrogen (secondary N) is 2. The van der Waals surface area contributed by atoms with Gasteiger partial charge in [-0.25, -0.2) is 0 Å². The number of carboxylic acids is 1. The van der Waals surface area contributed by atoms with Crippen LogP contribution in [0.3, 0.4) is 0 Å². The number of fused-ring (bicyclic) bond motifs is 1. The van der Waals surface area contributed by atoms with Gasteiger partial charge < -0.3 is 5.11 Å². The van der Waals surface area contributed by atoms with Gasteiger partial charge in [-0.2, -0.15) is 13.2 Å². The van der Waals surface area contributed by atoms with Gasteiger partial charge in [-0.1, -0.05) is 26.0 Å². The first-order chi connectivity index (χ1) is 12.5. The second-order valence-electron chi connectivity index (χ2n) is 7.47. The van der Waals surface area contributed by atoms with Crippen molar-refractivity contribution in [2.24, 2.45) is 17.8 Å². The van der Waals surface area contributed by atoms with Crippen LogP contribution < -0.4 is 10.6 Å². The van der Waals surface area contributed by atoms with Crippen LogP contribution in [-0.4, -0.2) is 28.4 Å². The summed E-state index contributed by atoms with van der Waals surface area (Å²) in [5.74, 6) is -4.76. The molecule has 146 valence electrons. The average molecular weight is 384 g/mol. The van der Waals surface area contributed by atoms with Crippen molar-refractivity contribution in [3.05, 3.63) is 35.4 Å². The molecule has 1 aromatic carbocycles. The Morgan fingerprint density at radius 1 is 1.19 bits per heavy atom. The van der Waals surface area contributed by atoms with E-state index in [0.29, 0.717) is 5.56 Å². The number of carbonyl (C=O) groups excluding carboxylic acids is 2. The van der Waals surface area contributed by atoms with Crippen LogP contribution in [0.2, 0.25) is 0 Å². The second-order valence-corrected chi connectivity index (χ2v) is 7.47. The van der Waals surface area contributed by atoms with Crippen LogP contribution in [0, 0.1) is 17.8 Å². The first kappa shape index (κ1) is 19.3. The Labute approximate surface area is 153 Å². The molecule has 0 radical (unpaired) electrons. The lowest BCUT2D eigenvalue weighted by Gasteiger charge is -2.31. The summed E-state index contributed by atoms with van der Waals surface area (Å²) in [6.07, 6.45) is -4.41. The number of aliphatic carboxylic acids is 1. The van der Waals surface area contributed by atoms with E-state index in [9.17, 15) is 32.7 Å². The first-order valence-corrected chi connectivity index (χ1v) is 8.50. The zero-order chi connectivity index (χ0) is 20.1. The third-order valence-corrected chi connectivity index (χ3v) is 5.20. The lowest BCUT2D eigenvalue weighted by Crippen LogP contribution is -2.56. The van der Waals surface area contributed by atoms with Gasteiger partial charge >= 0.3 is 12.1 Å². The normalized spacial score (nSPS) is 30.5. The maximum atomic E-state index is 12.8. The number of amides is 2. The minimum atomic E-state index is -4.51. The first-order valence-electron chi connectivity index (χ1n) is 8.50. The third kappa shape index (κ3) is 3.09. The van der Waals surface area contributed by atoms with E-state index in [-0.39, 0.29) is 12.3 Å². The van der Waals surface area contributed by atoms with Crippen LogP contribution in [0.1, 0.15) is 37.4 Å². The number of alkyl halides is 3. The zero-order valence-electron chi connectivity index (χ0n) is 14.6. The highest BCUT2D eigenvalue weighted by Crippen LogP contribution is 2.48. The Bertz CT molecular complexity index is 791. The van der Waals surface area contributed by atoms with E-state index in [0.717, 1.165) is 12.1 Å². The van der Waals surface area contributed by atoms with E-state index in [4.69, 9.17) is 0 Å². The monoisotopic (exact) mass is 384 g/mol. The van der Waals surface area contributed by atoms with Crippen molar-refractivity contribution in [1.29, 1.82) is 0 Å². The summed E-state index contributed by atoms with van der Waals surface area (Å²) in [5, 5.41) is 15.0. The summed E-state index contributed by atoms with van der Waals surface area (Å²) in [5.41, 5.74) is -2.18. The van der Waals surface area contributed by atoms with Gasteiger partial charge in [0.05, 0.1) is 17.4 Å². The predicted molar refractivity (Wildman–Crippen MR) is 87.3 cm³/mol. The minimum Gasteiger partial charge on any atom is -0.480 e. The number of imide groups is 1. The van der Waals surface area contributed by atoms with Gasteiger partial charge in [-0.3, -0.25) is 25.0 Å². The molecule has 0 aromatic heterocycles. The highest BCUT2D eigenvalue weighted by atomic mass is 19.4. The van der Waals surface area contributed by atoms with Gasteiger partial charge in [0.1, 0.15) is 5.54 Å². The van der Waals surface area contributed by atoms with Gasteiger partial charge in [-0.05, 0) is 30.0 Å². The lowest BCUT2D eigenvalue weighted by molar-refractivity contribution is -0.150. The molecule has 2 heterocycles. The summed E-state index contributed by atoms with van der Waals surface area (Å²) in [4.78, 5) is 36.8. The van der Waals surface area contributed by atoms with Crippen molar-refractivity contribution >= 4 is 17.8 Å². The number of halogens is 3. The van der Waals surface area contributed by atoms with Crippen LogP contribution in [0.15, 0.2) is 24.3 Å². The average Bonchev–Trinajstić information content (AvgIpc) is 3.04. The summed E-state index contributed by atoms with van der Waals surface area (Å²) < 4.78 is 38.4. The fourth-order valence-corrected chi connectivity index (χ4v) is 4.21. The molecule has 0 bridgehead atoms. The summed E-state index contributed by atoms with van der Waals surface area (Å²) in [6.45, 7) is 3.59. The maximum Gasteiger partial charge on any atom is 0.416 e. The Morgan fingerprint density at radius 3 is 2.26 bits per heavy atom. The number of rotatable bonds is 4. The highest BCUT2D eigenvalue weighted by molar-refractivity contribution is 6.09. The number of carbonyl (C=O) groups is 3. The Morgan fingerprint density at radius 2 is 1.78 bits per heavy atom. The smallest absolute Gasteiger partial charge is 0.416 e. The van der Waals surface area contributed by atoms with E-state index < -0.39 is 52.9 Å². The fraction of sp³-hybridized carbons (Fsp3) is 0.500. The topological polar surface area (TPSA) is 95.5 Å². The van der Waals surface area contributed by atoms with Crippen LogP contribution in [0.25, 0.3) is 0 Å². The molecule has 1 aromatic rings. The van der Waals surface area contributed by atoms with Crippen LogP contribution in [0.5, 0.6) is 0 Å². The quantitative estimate of drug-likeness (QED) is 0.691. The van der Waals surface area contributed by atoms with E-state index in [2.05, 4.69) is 10.6 Å². The number of carboxylic acid groups (broad SMARTS) is 1. The summed E-state index contributed by atoms with van der Waals surface area (Å²) >= 11 is 0. The van der Waals surface area contributed by atoms with Gasteiger partial charge in [-0.15, -0.1) is 0 Å². The number of hydrogen-bond donors (Lipinski definition) is 3. The summed E-state index contributed by atoms with van der Waals surface area (Å²) in [7, 11) is 0. The molecule has 4 unspecified atom stereocenters. The molecule has 9 heteroatoms. The van der Waals surface area contributed by atoms with E-state index in [1.165, 1.54) is 12.1 Å². The molecule has 0 aliphatic carbocycles. The number of hydrogen-bond acceptors (Lipinski definition) is 4. The van der Waals surface area contributed by atoms with Crippen molar-refractivity contribution in [3.8, 4) is 0 Å². The molecule has 27 heavy (non-hydrogen) atoms. The Hall–Kier alpha value is -2.42. The molecule has 2 fully saturated rings. The SMILES string of the molecule is CC(C)CC1(C(=O)O)NC(c2ccc(C(F)(F)F)cc2)C2C(=O)NC(=O)C21. The largest absolute Gasteiger partial charge is 0.480 e. The molecule has 2 aliphatic heterocycles. The van der Waals surface area contributed by atoms with Crippen LogP contribution in [-0.2, 0) is 20.6 Å². The molecule has 3 N–H and O–H groups in total. The van der Waals surface area contributed by atoms with Crippen LogP contribution >= 0.6 is 0 Å². The minimum absolute atomic E-state index is 0.0934. The molecule has 6 nitrogen and oxygen atoms in total. The maximum absolute atomic E-state index is 12.8. The lowest BCUT2D eigenvalue weighted by atomic mass is 9.75. The molecule has 0 spiro atoms. The fourth-order valence-electron chi connectivity index (χ4n) is 4.21. The molecule has 3 rings (SSSR count).